The quantitative estimate of drug-likeness (QED) is 0.834. The predicted molar refractivity (Wildman–Crippen MR) is 62.3 cm³/mol. The molecule has 0 aliphatic rings. The van der Waals surface area contributed by atoms with E-state index in [9.17, 15) is 4.79 Å². The summed E-state index contributed by atoms with van der Waals surface area (Å²) in [4.78, 5) is 13.7. The van der Waals surface area contributed by atoms with Gasteiger partial charge in [-0.3, -0.25) is 4.79 Å². The number of carbonyl (C=O) groups is 1. The zero-order valence-electron chi connectivity index (χ0n) is 9.19. The van der Waals surface area contributed by atoms with Crippen molar-refractivity contribution in [3.8, 4) is 0 Å². The van der Waals surface area contributed by atoms with Crippen LogP contribution in [0.5, 0.6) is 0 Å². The Bertz CT molecular complexity index is 316. The molecule has 1 N–H and O–H groups in total. The van der Waals surface area contributed by atoms with E-state index in [0.29, 0.717) is 13.1 Å². The summed E-state index contributed by atoms with van der Waals surface area (Å²) in [6.07, 6.45) is 0.912. The molecule has 0 fully saturated rings. The molecule has 1 rings (SSSR count). The molecule has 0 atom stereocenters. The van der Waals surface area contributed by atoms with Gasteiger partial charge in [-0.1, -0.05) is 6.92 Å². The van der Waals surface area contributed by atoms with Crippen LogP contribution in [0, 0.1) is 6.92 Å². The van der Waals surface area contributed by atoms with Gasteiger partial charge in [0.15, 0.2) is 0 Å². The predicted octanol–water partition coefficient (Wildman–Crippen LogP) is 1.90. The first-order valence-corrected chi connectivity index (χ1v) is 6.08. The second-order valence-corrected chi connectivity index (χ2v) is 4.23. The fraction of sp³-hybridized carbons (Fsp3) is 0.545. The van der Waals surface area contributed by atoms with Crippen molar-refractivity contribution in [2.45, 2.75) is 20.3 Å². The second-order valence-electron chi connectivity index (χ2n) is 3.48. The number of aliphatic hydroxyl groups is 1. The lowest BCUT2D eigenvalue weighted by Gasteiger charge is -2.20. The van der Waals surface area contributed by atoms with Gasteiger partial charge in [0.05, 0.1) is 12.2 Å². The Kier molecular flexibility index (Phi) is 4.78. The van der Waals surface area contributed by atoms with Gasteiger partial charge >= 0.3 is 0 Å². The molecule has 84 valence electrons. The molecule has 0 aliphatic carbocycles. The number of hydrogen-bond acceptors (Lipinski definition) is 3. The van der Waals surface area contributed by atoms with Crippen LogP contribution in [0.3, 0.4) is 0 Å². The van der Waals surface area contributed by atoms with Crippen molar-refractivity contribution >= 4 is 17.2 Å². The van der Waals surface area contributed by atoms with E-state index in [2.05, 4.69) is 0 Å². The van der Waals surface area contributed by atoms with Gasteiger partial charge in [-0.15, -0.1) is 0 Å². The van der Waals surface area contributed by atoms with E-state index in [1.165, 1.54) is 11.3 Å². The van der Waals surface area contributed by atoms with Gasteiger partial charge < -0.3 is 10.0 Å². The first-order chi connectivity index (χ1) is 7.20. The maximum atomic E-state index is 12.0. The van der Waals surface area contributed by atoms with Crippen LogP contribution >= 0.6 is 11.3 Å². The minimum atomic E-state index is 0.0227. The molecule has 15 heavy (non-hydrogen) atoms. The molecular weight excluding hydrogens is 210 g/mol. The average Bonchev–Trinajstić information content (AvgIpc) is 2.63. The fourth-order valence-electron chi connectivity index (χ4n) is 1.46. The summed E-state index contributed by atoms with van der Waals surface area (Å²) in [6, 6.07) is 0. The molecule has 3 nitrogen and oxygen atoms in total. The molecule has 1 amide bonds. The normalized spacial score (nSPS) is 10.3. The van der Waals surface area contributed by atoms with Gasteiger partial charge in [-0.2, -0.15) is 11.3 Å². The van der Waals surface area contributed by atoms with Crippen LogP contribution in [-0.2, 0) is 0 Å². The third kappa shape index (κ3) is 3.04. The van der Waals surface area contributed by atoms with Crippen molar-refractivity contribution in [2.75, 3.05) is 19.7 Å². The molecule has 0 aromatic carbocycles. The summed E-state index contributed by atoms with van der Waals surface area (Å²) in [5.74, 6) is 0.0321. The Morgan fingerprint density at radius 3 is 2.67 bits per heavy atom. The summed E-state index contributed by atoms with van der Waals surface area (Å²) in [6.45, 7) is 5.11. The van der Waals surface area contributed by atoms with E-state index in [-0.39, 0.29) is 12.5 Å². The molecule has 0 spiro atoms. The number of thiophene rings is 1. The van der Waals surface area contributed by atoms with Gasteiger partial charge in [0, 0.05) is 18.5 Å². The lowest BCUT2D eigenvalue weighted by molar-refractivity contribution is 0.0722. The third-order valence-corrected chi connectivity index (χ3v) is 3.10. The number of carbonyl (C=O) groups excluding carboxylic acids is 1. The van der Waals surface area contributed by atoms with Crippen LogP contribution in [0.2, 0.25) is 0 Å². The molecule has 0 aliphatic heterocycles. The summed E-state index contributed by atoms with van der Waals surface area (Å²) >= 11 is 1.54. The lowest BCUT2D eigenvalue weighted by atomic mass is 10.2. The van der Waals surface area contributed by atoms with Crippen LogP contribution in [0.4, 0.5) is 0 Å². The summed E-state index contributed by atoms with van der Waals surface area (Å²) in [7, 11) is 0. The van der Waals surface area contributed by atoms with E-state index in [1.54, 1.807) is 4.90 Å². The minimum Gasteiger partial charge on any atom is -0.395 e. The second kappa shape index (κ2) is 5.88. The molecule has 1 heterocycles. The highest BCUT2D eigenvalue weighted by molar-refractivity contribution is 7.08. The SMILES string of the molecule is CCCN(CCO)C(=O)c1cscc1C. The minimum absolute atomic E-state index is 0.0227. The van der Waals surface area contributed by atoms with Crippen LogP contribution in [0.1, 0.15) is 29.3 Å². The molecule has 0 saturated heterocycles. The van der Waals surface area contributed by atoms with Crippen molar-refractivity contribution in [1.29, 1.82) is 0 Å². The van der Waals surface area contributed by atoms with Crippen molar-refractivity contribution < 1.29 is 9.90 Å². The van der Waals surface area contributed by atoms with E-state index < -0.39 is 0 Å². The maximum Gasteiger partial charge on any atom is 0.255 e. The van der Waals surface area contributed by atoms with Gasteiger partial charge in [-0.25, -0.2) is 0 Å². The van der Waals surface area contributed by atoms with Crippen molar-refractivity contribution in [1.82, 2.24) is 4.90 Å². The largest absolute Gasteiger partial charge is 0.395 e. The number of amides is 1. The maximum absolute atomic E-state index is 12.0. The Labute approximate surface area is 94.3 Å². The van der Waals surface area contributed by atoms with Crippen molar-refractivity contribution in [2.24, 2.45) is 0 Å². The van der Waals surface area contributed by atoms with E-state index in [4.69, 9.17) is 5.11 Å². The van der Waals surface area contributed by atoms with Gasteiger partial charge in [-0.05, 0) is 24.3 Å². The average molecular weight is 227 g/mol. The smallest absolute Gasteiger partial charge is 0.255 e. The highest BCUT2D eigenvalue weighted by atomic mass is 32.1. The fourth-order valence-corrected chi connectivity index (χ4v) is 2.28. The molecule has 0 radical (unpaired) electrons. The highest BCUT2D eigenvalue weighted by Crippen LogP contribution is 2.16. The van der Waals surface area contributed by atoms with Gasteiger partial charge in [0.2, 0.25) is 0 Å². The molecule has 0 unspecified atom stereocenters. The number of aryl methyl sites for hydroxylation is 1. The van der Waals surface area contributed by atoms with E-state index >= 15 is 0 Å². The van der Waals surface area contributed by atoms with Crippen LogP contribution in [0.25, 0.3) is 0 Å². The summed E-state index contributed by atoms with van der Waals surface area (Å²) in [5.41, 5.74) is 1.78. The van der Waals surface area contributed by atoms with Gasteiger partial charge in [0.25, 0.3) is 5.91 Å². The molecule has 1 aromatic heterocycles. The molecule has 0 saturated carbocycles. The summed E-state index contributed by atoms with van der Waals surface area (Å²) < 4.78 is 0. The monoisotopic (exact) mass is 227 g/mol. The number of aliphatic hydroxyl groups excluding tert-OH is 1. The zero-order valence-corrected chi connectivity index (χ0v) is 10.0. The van der Waals surface area contributed by atoms with Crippen LogP contribution in [-0.4, -0.2) is 35.6 Å². The van der Waals surface area contributed by atoms with Crippen LogP contribution < -0.4 is 0 Å². The molecule has 1 aromatic rings. The standard InChI is InChI=1S/C11H17NO2S/c1-3-4-12(5-6-13)11(14)10-8-15-7-9(10)2/h7-8,13H,3-6H2,1-2H3. The first kappa shape index (κ1) is 12.2. The lowest BCUT2D eigenvalue weighted by Crippen LogP contribution is -2.34. The van der Waals surface area contributed by atoms with Crippen molar-refractivity contribution in [3.63, 3.8) is 0 Å². The Hall–Kier alpha value is -0.870. The van der Waals surface area contributed by atoms with E-state index in [1.807, 2.05) is 24.6 Å². The third-order valence-electron chi connectivity index (χ3n) is 2.24. The number of hydrogen-bond donors (Lipinski definition) is 1. The Balaban J connectivity index is 2.76. The topological polar surface area (TPSA) is 40.5 Å². The Morgan fingerprint density at radius 1 is 1.47 bits per heavy atom. The highest BCUT2D eigenvalue weighted by Gasteiger charge is 2.16. The number of nitrogens with zero attached hydrogens (tertiary/aromatic N) is 1. The van der Waals surface area contributed by atoms with E-state index in [0.717, 1.165) is 17.5 Å². The first-order valence-electron chi connectivity index (χ1n) is 5.13. The van der Waals surface area contributed by atoms with Gasteiger partial charge in [0.1, 0.15) is 0 Å². The zero-order chi connectivity index (χ0) is 11.3. The molecule has 4 heteroatoms. The Morgan fingerprint density at radius 2 is 2.20 bits per heavy atom. The number of rotatable bonds is 5. The van der Waals surface area contributed by atoms with Crippen molar-refractivity contribution in [3.05, 3.63) is 21.9 Å². The summed E-state index contributed by atoms with van der Waals surface area (Å²) in [5, 5.41) is 12.7. The molecular formula is C11H17NO2S. The molecule has 0 bridgehead atoms. The van der Waals surface area contributed by atoms with Crippen LogP contribution in [0.15, 0.2) is 10.8 Å².